The predicted molar refractivity (Wildman–Crippen MR) is 168 cm³/mol. The maximum Gasteiger partial charge on any atom is 0.410 e. The molecule has 2 aromatic carbocycles. The minimum atomic E-state index is -1.23. The average Bonchev–Trinajstić information content (AvgIpc) is 2.97. The monoisotopic (exact) mass is 692 g/mol. The molecular formula is C34H42F2N2O11. The molecule has 0 saturated carbocycles. The topological polar surface area (TPSA) is 161 Å². The molecule has 0 spiro atoms. The van der Waals surface area contributed by atoms with Crippen molar-refractivity contribution in [2.45, 2.75) is 90.0 Å². The highest BCUT2D eigenvalue weighted by Crippen LogP contribution is 2.29. The van der Waals surface area contributed by atoms with Gasteiger partial charge in [0.2, 0.25) is 0 Å². The van der Waals surface area contributed by atoms with Crippen molar-refractivity contribution >= 4 is 24.1 Å². The number of hydrogen-bond acceptors (Lipinski definition) is 11. The Kier molecular flexibility index (Phi) is 11.4. The first kappa shape index (κ1) is 37.3. The van der Waals surface area contributed by atoms with Crippen LogP contribution in [0.1, 0.15) is 75.1 Å². The Morgan fingerprint density at radius 2 is 1.04 bits per heavy atom. The Balaban J connectivity index is 1.43. The van der Waals surface area contributed by atoms with E-state index in [1.54, 1.807) is 41.5 Å². The van der Waals surface area contributed by atoms with Crippen LogP contribution in [-0.4, -0.2) is 106 Å². The smallest absolute Gasteiger partial charge is 0.410 e. The molecular weight excluding hydrogens is 650 g/mol. The van der Waals surface area contributed by atoms with Gasteiger partial charge >= 0.3 is 24.1 Å². The highest BCUT2D eigenvalue weighted by atomic mass is 19.1. The van der Waals surface area contributed by atoms with Crippen LogP contribution in [0.4, 0.5) is 18.4 Å². The van der Waals surface area contributed by atoms with Gasteiger partial charge in [0.15, 0.2) is 0 Å². The number of benzene rings is 2. The molecule has 4 atom stereocenters. The number of ether oxygens (including phenoxy) is 5. The SMILES string of the molecule is CC(C)(C)OC(=O)N1CC[C@H](Oc2cc(F)ccc2C(=O)OC(=O)c2ccc(F)cc2O[C@@H]2CCN(C(=O)OC(C)(C)C)C[C@@H]2O)[C@H](O)C1. The molecule has 2 aliphatic heterocycles. The second-order valence-electron chi connectivity index (χ2n) is 13.8. The lowest BCUT2D eigenvalue weighted by molar-refractivity contribution is -0.0378. The Labute approximate surface area is 282 Å². The quantitative estimate of drug-likeness (QED) is 0.250. The molecule has 0 radical (unpaired) electrons. The highest BCUT2D eigenvalue weighted by Gasteiger charge is 2.36. The molecule has 2 N–H and O–H groups in total. The molecule has 2 amide bonds. The lowest BCUT2D eigenvalue weighted by Gasteiger charge is -2.36. The van der Waals surface area contributed by atoms with E-state index in [-0.39, 0.29) is 61.6 Å². The van der Waals surface area contributed by atoms with Crippen molar-refractivity contribution in [1.82, 2.24) is 9.80 Å². The maximum absolute atomic E-state index is 14.3. The van der Waals surface area contributed by atoms with Crippen molar-refractivity contribution in [3.05, 3.63) is 59.2 Å². The lowest BCUT2D eigenvalue weighted by atomic mass is 10.0. The van der Waals surface area contributed by atoms with Gasteiger partial charge in [-0.1, -0.05) is 0 Å². The van der Waals surface area contributed by atoms with Gasteiger partial charge in [-0.15, -0.1) is 0 Å². The summed E-state index contributed by atoms with van der Waals surface area (Å²) in [6.07, 6.45) is -5.36. The lowest BCUT2D eigenvalue weighted by Crippen LogP contribution is -2.52. The molecule has 0 bridgehead atoms. The van der Waals surface area contributed by atoms with E-state index in [4.69, 9.17) is 23.7 Å². The first-order valence-electron chi connectivity index (χ1n) is 15.8. The van der Waals surface area contributed by atoms with E-state index in [0.717, 1.165) is 36.4 Å². The van der Waals surface area contributed by atoms with Crippen molar-refractivity contribution < 1.29 is 61.9 Å². The summed E-state index contributed by atoms with van der Waals surface area (Å²) in [7, 11) is 0. The summed E-state index contributed by atoms with van der Waals surface area (Å²) in [5, 5.41) is 21.4. The van der Waals surface area contributed by atoms with Crippen LogP contribution in [0.3, 0.4) is 0 Å². The minimum Gasteiger partial charge on any atom is -0.487 e. The molecule has 0 unspecified atom stereocenters. The van der Waals surface area contributed by atoms with E-state index < -0.39 is 71.4 Å². The van der Waals surface area contributed by atoms with Crippen LogP contribution in [0.25, 0.3) is 0 Å². The maximum atomic E-state index is 14.3. The van der Waals surface area contributed by atoms with Gasteiger partial charge in [0, 0.05) is 38.1 Å². The highest BCUT2D eigenvalue weighted by molar-refractivity contribution is 6.05. The summed E-state index contributed by atoms with van der Waals surface area (Å²) in [6.45, 7) is 10.3. The fraction of sp³-hybridized carbons (Fsp3) is 0.529. The largest absolute Gasteiger partial charge is 0.487 e. The predicted octanol–water partition coefficient (Wildman–Crippen LogP) is 4.46. The Morgan fingerprint density at radius 3 is 1.37 bits per heavy atom. The molecule has 2 fully saturated rings. The summed E-state index contributed by atoms with van der Waals surface area (Å²) in [5.41, 5.74) is -2.17. The van der Waals surface area contributed by atoms with E-state index in [0.29, 0.717) is 0 Å². The van der Waals surface area contributed by atoms with Gasteiger partial charge in [0.05, 0.1) is 13.1 Å². The fourth-order valence-electron chi connectivity index (χ4n) is 5.12. The number of β-amino-alcohol motifs (C(OH)–C–C–N with tert-alkyl or cyclic N) is 2. The summed E-state index contributed by atoms with van der Waals surface area (Å²) in [6, 6.07) is 5.77. The second kappa shape index (κ2) is 14.9. The summed E-state index contributed by atoms with van der Waals surface area (Å²) in [5.74, 6) is -4.65. The van der Waals surface area contributed by atoms with Gasteiger partial charge in [-0.3, -0.25) is 0 Å². The molecule has 4 rings (SSSR count). The number of aliphatic hydroxyl groups excluding tert-OH is 2. The number of aliphatic hydroxyl groups is 2. The van der Waals surface area contributed by atoms with Gasteiger partial charge < -0.3 is 43.7 Å². The van der Waals surface area contributed by atoms with Gasteiger partial charge in [0.1, 0.15) is 69.9 Å². The Morgan fingerprint density at radius 1 is 0.673 bits per heavy atom. The molecule has 15 heteroatoms. The van der Waals surface area contributed by atoms with Crippen LogP contribution in [0.5, 0.6) is 11.5 Å². The van der Waals surface area contributed by atoms with Crippen molar-refractivity contribution in [2.75, 3.05) is 26.2 Å². The zero-order valence-electron chi connectivity index (χ0n) is 28.2. The summed E-state index contributed by atoms with van der Waals surface area (Å²) in [4.78, 5) is 53.9. The van der Waals surface area contributed by atoms with Crippen molar-refractivity contribution in [3.8, 4) is 11.5 Å². The molecule has 13 nitrogen and oxygen atoms in total. The van der Waals surface area contributed by atoms with E-state index in [2.05, 4.69) is 0 Å². The van der Waals surface area contributed by atoms with Gasteiger partial charge in [0.25, 0.3) is 0 Å². The van der Waals surface area contributed by atoms with Crippen molar-refractivity contribution in [1.29, 1.82) is 0 Å². The number of nitrogens with zero attached hydrogens (tertiary/aromatic N) is 2. The van der Waals surface area contributed by atoms with Crippen LogP contribution in [0.15, 0.2) is 36.4 Å². The molecule has 2 aromatic rings. The fourth-order valence-corrected chi connectivity index (χ4v) is 5.12. The average molecular weight is 693 g/mol. The number of carbonyl (C=O) groups is 4. The Hall–Kier alpha value is -4.50. The van der Waals surface area contributed by atoms with Crippen LogP contribution >= 0.6 is 0 Å². The van der Waals surface area contributed by atoms with Crippen molar-refractivity contribution in [2.24, 2.45) is 0 Å². The van der Waals surface area contributed by atoms with Gasteiger partial charge in [-0.05, 0) is 65.8 Å². The zero-order valence-corrected chi connectivity index (χ0v) is 28.2. The molecule has 0 aromatic heterocycles. The number of piperidine rings is 2. The summed E-state index contributed by atoms with van der Waals surface area (Å²) >= 11 is 0. The second-order valence-corrected chi connectivity index (χ2v) is 13.8. The number of carbonyl (C=O) groups excluding carboxylic acids is 4. The summed E-state index contributed by atoms with van der Waals surface area (Å²) < 4.78 is 55.9. The molecule has 2 heterocycles. The third-order valence-electron chi connectivity index (χ3n) is 7.41. The molecule has 49 heavy (non-hydrogen) atoms. The number of esters is 2. The van der Waals surface area contributed by atoms with Crippen LogP contribution in [0, 0.1) is 11.6 Å². The third kappa shape index (κ3) is 10.2. The van der Waals surface area contributed by atoms with Gasteiger partial charge in [-0.25, -0.2) is 28.0 Å². The van der Waals surface area contributed by atoms with Gasteiger partial charge in [-0.2, -0.15) is 0 Å². The minimum absolute atomic E-state index is 0.114. The van der Waals surface area contributed by atoms with E-state index in [9.17, 15) is 38.2 Å². The Bertz CT molecular complexity index is 1440. The van der Waals surface area contributed by atoms with Crippen LogP contribution in [0.2, 0.25) is 0 Å². The van der Waals surface area contributed by atoms with Crippen LogP contribution in [-0.2, 0) is 14.2 Å². The number of rotatable bonds is 6. The number of likely N-dealkylation sites (tertiary alicyclic amines) is 2. The number of amides is 2. The number of halogens is 2. The van der Waals surface area contributed by atoms with E-state index in [1.807, 2.05) is 0 Å². The number of hydrogen-bond donors (Lipinski definition) is 2. The van der Waals surface area contributed by atoms with Crippen molar-refractivity contribution in [3.63, 3.8) is 0 Å². The molecule has 2 saturated heterocycles. The first-order valence-corrected chi connectivity index (χ1v) is 15.8. The molecule has 2 aliphatic rings. The van der Waals surface area contributed by atoms with Crippen LogP contribution < -0.4 is 9.47 Å². The van der Waals surface area contributed by atoms with E-state index in [1.165, 1.54) is 9.80 Å². The molecule has 0 aliphatic carbocycles. The normalized spacial score (nSPS) is 21.4. The first-order chi connectivity index (χ1) is 22.8. The standard InChI is InChI=1S/C34H42F2N2O11/c1-33(2,3)48-31(43)37-13-11-25(23(39)17-37)45-27-15-19(35)7-9-21(27)29(41)47-30(42)22-10-8-20(36)16-28(22)46-26-12-14-38(18-24(26)40)32(44)49-34(4,5)6/h7-10,15-16,23-26,39-40H,11-14,17-18H2,1-6H3/t23-,24+,25+,26-. The zero-order chi connectivity index (χ0) is 36.3. The molecule has 268 valence electrons. The third-order valence-corrected chi connectivity index (χ3v) is 7.41. The van der Waals surface area contributed by atoms with E-state index >= 15 is 0 Å².